The molecule has 1 aromatic rings. The highest BCUT2D eigenvalue weighted by Crippen LogP contribution is 2.30. The van der Waals surface area contributed by atoms with Gasteiger partial charge in [-0.2, -0.15) is 0 Å². The fourth-order valence-corrected chi connectivity index (χ4v) is 2.54. The monoisotopic (exact) mass is 247 g/mol. The molecule has 0 saturated carbocycles. The highest BCUT2D eigenvalue weighted by Gasteiger charge is 2.34. The van der Waals surface area contributed by atoms with Gasteiger partial charge in [0, 0.05) is 25.4 Å². The number of hydrogen-bond donors (Lipinski definition) is 1. The third kappa shape index (κ3) is 2.72. The Labute approximate surface area is 108 Å². The van der Waals surface area contributed by atoms with Crippen molar-refractivity contribution < 1.29 is 9.90 Å². The maximum absolute atomic E-state index is 11.8. The Bertz CT molecular complexity index is 413. The second-order valence-corrected chi connectivity index (χ2v) is 5.16. The molecule has 1 saturated heterocycles. The van der Waals surface area contributed by atoms with Crippen LogP contribution in [0.15, 0.2) is 24.3 Å². The number of amides is 1. The van der Waals surface area contributed by atoms with Crippen LogP contribution in [0.5, 0.6) is 0 Å². The average Bonchev–Trinajstić information content (AvgIpc) is 2.72. The van der Waals surface area contributed by atoms with Crippen molar-refractivity contribution in [3.05, 3.63) is 35.4 Å². The lowest BCUT2D eigenvalue weighted by molar-refractivity contribution is -0.127. The number of likely N-dealkylation sites (tertiary alicyclic amines) is 1. The Morgan fingerprint density at radius 1 is 1.39 bits per heavy atom. The molecule has 98 valence electrons. The lowest BCUT2D eigenvalue weighted by atomic mass is 9.94. The van der Waals surface area contributed by atoms with E-state index in [4.69, 9.17) is 0 Å². The molecule has 0 aliphatic carbocycles. The number of rotatable bonds is 4. The summed E-state index contributed by atoms with van der Waals surface area (Å²) >= 11 is 0. The number of aliphatic hydroxyl groups excluding tert-OH is 1. The molecule has 3 heteroatoms. The van der Waals surface area contributed by atoms with Gasteiger partial charge in [-0.3, -0.25) is 4.79 Å². The quantitative estimate of drug-likeness (QED) is 0.886. The summed E-state index contributed by atoms with van der Waals surface area (Å²) in [6.45, 7) is 5.58. The van der Waals surface area contributed by atoms with E-state index in [0.717, 1.165) is 18.5 Å². The van der Waals surface area contributed by atoms with Crippen molar-refractivity contribution in [3.8, 4) is 0 Å². The van der Waals surface area contributed by atoms with E-state index in [-0.39, 0.29) is 11.8 Å². The molecular weight excluding hydrogens is 226 g/mol. The normalized spacial score (nSPS) is 21.4. The number of nitrogens with zero attached hydrogens (tertiary/aromatic N) is 1. The number of carbonyl (C=O) groups excluding carboxylic acids is 1. The summed E-state index contributed by atoms with van der Waals surface area (Å²) in [5.41, 5.74) is 2.10. The molecular formula is C15H21NO2. The summed E-state index contributed by atoms with van der Waals surface area (Å²) in [7, 11) is 0. The van der Waals surface area contributed by atoms with Crippen LogP contribution in [-0.4, -0.2) is 29.0 Å². The summed E-state index contributed by atoms with van der Waals surface area (Å²) in [6.07, 6.45) is 0.908. The number of carbonyl (C=O) groups is 1. The minimum Gasteiger partial charge on any atom is -0.388 e. The first-order valence-corrected chi connectivity index (χ1v) is 6.64. The van der Waals surface area contributed by atoms with Gasteiger partial charge in [-0.25, -0.2) is 0 Å². The van der Waals surface area contributed by atoms with Gasteiger partial charge in [-0.15, -0.1) is 0 Å². The van der Waals surface area contributed by atoms with Crippen LogP contribution < -0.4 is 0 Å². The van der Waals surface area contributed by atoms with E-state index in [1.165, 1.54) is 5.56 Å². The molecule has 1 aliphatic heterocycles. The zero-order chi connectivity index (χ0) is 13.1. The lowest BCUT2D eigenvalue weighted by Crippen LogP contribution is -2.26. The van der Waals surface area contributed by atoms with E-state index in [1.54, 1.807) is 0 Å². The van der Waals surface area contributed by atoms with E-state index in [0.29, 0.717) is 13.0 Å². The molecule has 0 aromatic heterocycles. The molecule has 2 atom stereocenters. The third-order valence-electron chi connectivity index (χ3n) is 3.60. The fraction of sp³-hybridized carbons (Fsp3) is 0.533. The van der Waals surface area contributed by atoms with Gasteiger partial charge >= 0.3 is 0 Å². The highest BCUT2D eigenvalue weighted by molar-refractivity contribution is 5.78. The van der Waals surface area contributed by atoms with Crippen molar-refractivity contribution in [2.24, 2.45) is 5.92 Å². The maximum Gasteiger partial charge on any atom is 0.223 e. The van der Waals surface area contributed by atoms with Crippen LogP contribution in [0.3, 0.4) is 0 Å². The largest absolute Gasteiger partial charge is 0.388 e. The van der Waals surface area contributed by atoms with E-state index >= 15 is 0 Å². The third-order valence-corrected chi connectivity index (χ3v) is 3.60. The Morgan fingerprint density at radius 2 is 2.06 bits per heavy atom. The smallest absolute Gasteiger partial charge is 0.223 e. The van der Waals surface area contributed by atoms with Gasteiger partial charge in [-0.05, 0) is 18.9 Å². The molecule has 2 rings (SSSR count). The van der Waals surface area contributed by atoms with Gasteiger partial charge in [0.2, 0.25) is 5.91 Å². The molecule has 1 amide bonds. The van der Waals surface area contributed by atoms with Crippen LogP contribution in [0, 0.1) is 12.8 Å². The molecule has 1 fully saturated rings. The van der Waals surface area contributed by atoms with Crippen LogP contribution in [0.25, 0.3) is 0 Å². The Balaban J connectivity index is 2.04. The van der Waals surface area contributed by atoms with E-state index in [9.17, 15) is 9.90 Å². The number of aryl methyl sites for hydroxylation is 1. The molecule has 18 heavy (non-hydrogen) atoms. The first kappa shape index (κ1) is 13.1. The van der Waals surface area contributed by atoms with Crippen LogP contribution in [0.1, 0.15) is 37.0 Å². The number of benzene rings is 1. The van der Waals surface area contributed by atoms with Gasteiger partial charge in [0.25, 0.3) is 0 Å². The predicted molar refractivity (Wildman–Crippen MR) is 71.1 cm³/mol. The Kier molecular flexibility index (Phi) is 4.02. The number of aliphatic hydroxyl groups is 1. The van der Waals surface area contributed by atoms with Gasteiger partial charge in [0.1, 0.15) is 0 Å². The molecule has 1 heterocycles. The van der Waals surface area contributed by atoms with Crippen molar-refractivity contribution in [3.63, 3.8) is 0 Å². The van der Waals surface area contributed by atoms with Crippen molar-refractivity contribution in [1.29, 1.82) is 0 Å². The molecule has 1 aliphatic rings. The van der Waals surface area contributed by atoms with E-state index in [2.05, 4.69) is 6.92 Å². The molecule has 0 spiro atoms. The predicted octanol–water partition coefficient (Wildman–Crippen LogP) is 2.29. The van der Waals surface area contributed by atoms with Crippen LogP contribution >= 0.6 is 0 Å². The van der Waals surface area contributed by atoms with Crippen molar-refractivity contribution in [2.45, 2.75) is 32.8 Å². The molecule has 1 aromatic carbocycles. The van der Waals surface area contributed by atoms with Crippen molar-refractivity contribution in [2.75, 3.05) is 13.1 Å². The second kappa shape index (κ2) is 5.53. The van der Waals surface area contributed by atoms with Crippen molar-refractivity contribution >= 4 is 5.91 Å². The fourth-order valence-electron chi connectivity index (χ4n) is 2.54. The summed E-state index contributed by atoms with van der Waals surface area (Å²) in [4.78, 5) is 13.6. The van der Waals surface area contributed by atoms with Gasteiger partial charge < -0.3 is 10.0 Å². The zero-order valence-corrected chi connectivity index (χ0v) is 11.1. The molecule has 0 radical (unpaired) electrons. The SMILES string of the molecule is CCCN1CC(C(O)c2ccc(C)cc2)CC1=O. The highest BCUT2D eigenvalue weighted by atomic mass is 16.3. The lowest BCUT2D eigenvalue weighted by Gasteiger charge is -2.19. The van der Waals surface area contributed by atoms with Crippen molar-refractivity contribution in [1.82, 2.24) is 4.90 Å². The first-order chi connectivity index (χ1) is 8.61. The minimum atomic E-state index is -0.531. The summed E-state index contributed by atoms with van der Waals surface area (Å²) < 4.78 is 0. The van der Waals surface area contributed by atoms with Crippen LogP contribution in [0.2, 0.25) is 0 Å². The second-order valence-electron chi connectivity index (χ2n) is 5.16. The molecule has 3 nitrogen and oxygen atoms in total. The topological polar surface area (TPSA) is 40.5 Å². The van der Waals surface area contributed by atoms with E-state index in [1.807, 2.05) is 36.1 Å². The Morgan fingerprint density at radius 3 is 2.67 bits per heavy atom. The summed E-state index contributed by atoms with van der Waals surface area (Å²) in [5.74, 6) is 0.208. The molecule has 1 N–H and O–H groups in total. The number of hydrogen-bond acceptors (Lipinski definition) is 2. The Hall–Kier alpha value is -1.35. The molecule has 2 unspecified atom stereocenters. The van der Waals surface area contributed by atoms with Gasteiger partial charge in [-0.1, -0.05) is 36.8 Å². The average molecular weight is 247 g/mol. The van der Waals surface area contributed by atoms with Crippen LogP contribution in [0.4, 0.5) is 0 Å². The maximum atomic E-state index is 11.8. The first-order valence-electron chi connectivity index (χ1n) is 6.64. The van der Waals surface area contributed by atoms with Gasteiger partial charge in [0.05, 0.1) is 6.10 Å². The standard InChI is InChI=1S/C15H21NO2/c1-3-8-16-10-13(9-14(16)17)15(18)12-6-4-11(2)5-7-12/h4-7,13,15,18H,3,8-10H2,1-2H3. The van der Waals surface area contributed by atoms with E-state index < -0.39 is 6.10 Å². The summed E-state index contributed by atoms with van der Waals surface area (Å²) in [5, 5.41) is 10.3. The minimum absolute atomic E-state index is 0.0340. The molecule has 0 bridgehead atoms. The van der Waals surface area contributed by atoms with Gasteiger partial charge in [0.15, 0.2) is 0 Å². The van der Waals surface area contributed by atoms with Crippen LogP contribution in [-0.2, 0) is 4.79 Å². The summed E-state index contributed by atoms with van der Waals surface area (Å²) in [6, 6.07) is 7.90. The zero-order valence-electron chi connectivity index (χ0n) is 11.1.